The van der Waals surface area contributed by atoms with Gasteiger partial charge in [-0.3, -0.25) is 0 Å². The minimum absolute atomic E-state index is 0.106. The molecular weight excluding hydrogens is 505 g/mol. The van der Waals surface area contributed by atoms with E-state index in [9.17, 15) is 14.4 Å². The molecule has 3 aliphatic heterocycles. The van der Waals surface area contributed by atoms with Gasteiger partial charge in [-0.15, -0.1) is 0 Å². The van der Waals surface area contributed by atoms with Gasteiger partial charge in [0.25, 0.3) is 0 Å². The number of anilines is 1. The van der Waals surface area contributed by atoms with Crippen molar-refractivity contribution in [2.45, 2.75) is 23.9 Å². The zero-order valence-electron chi connectivity index (χ0n) is 16.8. The lowest BCUT2D eigenvalue weighted by Gasteiger charge is -2.38. The molecule has 0 amide bonds. The van der Waals surface area contributed by atoms with Gasteiger partial charge in [-0.1, -0.05) is 0 Å². The molecule has 10 heteroatoms. The van der Waals surface area contributed by atoms with Crippen LogP contribution in [-0.4, -0.2) is 64.2 Å². The number of nitrogens with one attached hydrogen (secondary N) is 1. The second-order valence-corrected chi connectivity index (χ2v) is 8.52. The second kappa shape index (κ2) is 7.25. The van der Waals surface area contributed by atoms with E-state index in [1.807, 2.05) is 30.1 Å². The molecule has 3 atom stereocenters. The number of benzene rings is 1. The summed E-state index contributed by atoms with van der Waals surface area (Å²) in [5.41, 5.74) is 0.935. The molecule has 9 nitrogen and oxygen atoms in total. The van der Waals surface area contributed by atoms with Crippen molar-refractivity contribution in [1.29, 1.82) is 0 Å². The first-order chi connectivity index (χ1) is 14.3. The zero-order chi connectivity index (χ0) is 21.8. The molecule has 158 valence electrons. The number of rotatable bonds is 3. The van der Waals surface area contributed by atoms with Crippen LogP contribution in [0.25, 0.3) is 0 Å². The van der Waals surface area contributed by atoms with E-state index >= 15 is 0 Å². The largest absolute Gasteiger partial charge is 0.467 e. The van der Waals surface area contributed by atoms with Crippen LogP contribution in [-0.2, 0) is 34.0 Å². The van der Waals surface area contributed by atoms with E-state index in [1.165, 1.54) is 21.3 Å². The van der Waals surface area contributed by atoms with Crippen LogP contribution in [0.3, 0.4) is 0 Å². The van der Waals surface area contributed by atoms with Crippen LogP contribution in [0.5, 0.6) is 0 Å². The topological polar surface area (TPSA) is 107 Å². The van der Waals surface area contributed by atoms with Gasteiger partial charge >= 0.3 is 17.9 Å². The predicted molar refractivity (Wildman–Crippen MR) is 115 cm³/mol. The Labute approximate surface area is 186 Å². The van der Waals surface area contributed by atoms with Gasteiger partial charge in [-0.25, -0.2) is 19.4 Å². The van der Waals surface area contributed by atoms with Crippen LogP contribution >= 0.6 is 22.6 Å². The van der Waals surface area contributed by atoms with Gasteiger partial charge in [0.2, 0.25) is 0 Å². The highest BCUT2D eigenvalue weighted by atomic mass is 127. The van der Waals surface area contributed by atoms with Crippen molar-refractivity contribution in [2.24, 2.45) is 4.99 Å². The molecule has 3 heterocycles. The van der Waals surface area contributed by atoms with E-state index in [1.54, 1.807) is 0 Å². The van der Waals surface area contributed by atoms with Crippen molar-refractivity contribution < 1.29 is 28.6 Å². The first-order valence-electron chi connectivity index (χ1n) is 9.17. The molecule has 1 aromatic rings. The Hall–Kier alpha value is -2.63. The number of ether oxygens (including phenoxy) is 3. The minimum atomic E-state index is -0.842. The fraction of sp³-hybridized carbons (Fsp3) is 0.400. The van der Waals surface area contributed by atoms with Gasteiger partial charge in [0.05, 0.1) is 38.4 Å². The third-order valence-corrected chi connectivity index (χ3v) is 6.63. The number of nitrogens with zero attached hydrogens (tertiary/aromatic N) is 2. The number of esters is 3. The Morgan fingerprint density at radius 3 is 2.50 bits per heavy atom. The van der Waals surface area contributed by atoms with Crippen molar-refractivity contribution in [3.8, 4) is 0 Å². The fourth-order valence-electron chi connectivity index (χ4n) is 4.76. The van der Waals surface area contributed by atoms with E-state index in [0.29, 0.717) is 12.3 Å². The average molecular weight is 525 g/mol. The Kier molecular flexibility index (Phi) is 4.99. The van der Waals surface area contributed by atoms with E-state index in [2.05, 4.69) is 32.9 Å². The summed E-state index contributed by atoms with van der Waals surface area (Å²) in [6.45, 7) is 0. The summed E-state index contributed by atoms with van der Waals surface area (Å²) < 4.78 is 15.9. The average Bonchev–Trinajstić information content (AvgIpc) is 3.25. The standard InChI is InChI=1S/C20H20IN3O6/c1-24-12-6-5-9(21)7-10(12)20-8-11(16(25)28-2)22-19(20)23-14(18(27)30-4)13(15(20)24)17(26)29-3/h5-7,11,15H,8H2,1-4H3,(H,22,23)/t11-,15?,20-/m0/s1. The third-order valence-electron chi connectivity index (χ3n) is 5.95. The normalized spacial score (nSPS) is 26.2. The van der Waals surface area contributed by atoms with Crippen molar-refractivity contribution in [3.05, 3.63) is 38.6 Å². The summed E-state index contributed by atoms with van der Waals surface area (Å²) in [5, 5.41) is 3.13. The maximum Gasteiger partial charge on any atom is 0.357 e. The maximum atomic E-state index is 12.9. The predicted octanol–water partition coefficient (Wildman–Crippen LogP) is 0.894. The molecule has 1 unspecified atom stereocenters. The first-order valence-corrected chi connectivity index (χ1v) is 10.2. The smallest absolute Gasteiger partial charge is 0.357 e. The number of carbonyl (C=O) groups is 3. The van der Waals surface area contributed by atoms with Gasteiger partial charge in [-0.05, 0) is 52.8 Å². The molecule has 3 aliphatic rings. The van der Waals surface area contributed by atoms with Crippen LogP contribution < -0.4 is 10.2 Å². The molecule has 1 N–H and O–H groups in total. The molecule has 1 spiro atoms. The van der Waals surface area contributed by atoms with Crippen LogP contribution in [0.1, 0.15) is 12.0 Å². The minimum Gasteiger partial charge on any atom is -0.467 e. The number of aliphatic imine (C=N–C) groups is 1. The van der Waals surface area contributed by atoms with E-state index < -0.39 is 35.4 Å². The lowest BCUT2D eigenvalue weighted by atomic mass is 9.69. The summed E-state index contributed by atoms with van der Waals surface area (Å²) >= 11 is 2.22. The molecule has 1 fully saturated rings. The molecule has 30 heavy (non-hydrogen) atoms. The number of halogens is 1. The lowest BCUT2D eigenvalue weighted by Crippen LogP contribution is -2.53. The molecule has 4 rings (SSSR count). The number of hydrogen-bond acceptors (Lipinski definition) is 9. The number of methoxy groups -OCH3 is 3. The number of amidine groups is 1. The maximum absolute atomic E-state index is 12.9. The van der Waals surface area contributed by atoms with Gasteiger partial charge in [-0.2, -0.15) is 0 Å². The highest BCUT2D eigenvalue weighted by Gasteiger charge is 2.64. The summed E-state index contributed by atoms with van der Waals surface area (Å²) in [6, 6.07) is 4.65. The Morgan fingerprint density at radius 1 is 1.17 bits per heavy atom. The molecule has 1 saturated heterocycles. The van der Waals surface area contributed by atoms with E-state index in [-0.39, 0.29) is 11.3 Å². The van der Waals surface area contributed by atoms with Crippen LogP contribution in [0.4, 0.5) is 5.69 Å². The summed E-state index contributed by atoms with van der Waals surface area (Å²) in [4.78, 5) is 44.2. The first kappa shape index (κ1) is 20.6. The van der Waals surface area contributed by atoms with Crippen LogP contribution in [0, 0.1) is 3.57 Å². The monoisotopic (exact) mass is 525 g/mol. The third kappa shape index (κ3) is 2.65. The van der Waals surface area contributed by atoms with Gasteiger partial charge in [0, 0.05) is 16.3 Å². The van der Waals surface area contributed by atoms with Crippen LogP contribution in [0.15, 0.2) is 34.5 Å². The SMILES string of the molecule is COC(=O)C1=C(C(=O)OC)C2N(C)c3ccc(I)cc3[C@@]23C[C@@H](C(=O)OC)NC3=N1. The number of hydrogen-bond donors (Lipinski definition) is 1. The quantitative estimate of drug-likeness (QED) is 0.353. The van der Waals surface area contributed by atoms with Gasteiger partial charge in [0.1, 0.15) is 11.9 Å². The Morgan fingerprint density at radius 2 is 1.87 bits per heavy atom. The number of fused-ring (bicyclic) bond motifs is 1. The van der Waals surface area contributed by atoms with Gasteiger partial charge in [0.15, 0.2) is 5.70 Å². The molecule has 1 aromatic carbocycles. The number of likely N-dealkylation sites (N-methyl/N-ethyl adjacent to an activating group) is 1. The van der Waals surface area contributed by atoms with Crippen LogP contribution in [0.2, 0.25) is 0 Å². The van der Waals surface area contributed by atoms with E-state index in [4.69, 9.17) is 14.2 Å². The summed E-state index contributed by atoms with van der Waals surface area (Å²) in [5.74, 6) is -1.43. The lowest BCUT2D eigenvalue weighted by molar-refractivity contribution is -0.142. The molecule has 0 aliphatic carbocycles. The zero-order valence-corrected chi connectivity index (χ0v) is 19.0. The van der Waals surface area contributed by atoms with Gasteiger partial charge < -0.3 is 24.4 Å². The van der Waals surface area contributed by atoms with Crippen molar-refractivity contribution >= 4 is 52.0 Å². The molecule has 0 radical (unpaired) electrons. The molecule has 0 saturated carbocycles. The van der Waals surface area contributed by atoms with Crippen molar-refractivity contribution in [2.75, 3.05) is 33.3 Å². The molecule has 0 aromatic heterocycles. The Bertz CT molecular complexity index is 1040. The summed E-state index contributed by atoms with van der Waals surface area (Å²) in [6.07, 6.45) is 0.315. The number of carbonyl (C=O) groups excluding carboxylic acids is 3. The Balaban J connectivity index is 2.02. The second-order valence-electron chi connectivity index (χ2n) is 7.28. The van der Waals surface area contributed by atoms with Crippen molar-refractivity contribution in [1.82, 2.24) is 5.32 Å². The highest BCUT2D eigenvalue weighted by Crippen LogP contribution is 2.55. The fourth-order valence-corrected chi connectivity index (χ4v) is 5.25. The summed E-state index contributed by atoms with van der Waals surface area (Å²) in [7, 11) is 5.64. The highest BCUT2D eigenvalue weighted by molar-refractivity contribution is 14.1. The van der Waals surface area contributed by atoms with Crippen molar-refractivity contribution in [3.63, 3.8) is 0 Å². The van der Waals surface area contributed by atoms with E-state index in [0.717, 1.165) is 14.8 Å². The molecule has 0 bridgehead atoms. The molecular formula is C20H20IN3O6.